The Morgan fingerprint density at radius 2 is 1.88 bits per heavy atom. The van der Waals surface area contributed by atoms with Gasteiger partial charge in [0.2, 0.25) is 0 Å². The van der Waals surface area contributed by atoms with Crippen molar-refractivity contribution in [2.75, 3.05) is 19.8 Å². The van der Waals surface area contributed by atoms with E-state index < -0.39 is 17.7 Å². The van der Waals surface area contributed by atoms with Gasteiger partial charge in [-0.25, -0.2) is 9.59 Å². The average molecular weight is 378 g/mol. The molecular formula is C16H21Cl2NO5. The number of nitrogens with one attached hydrogen (secondary N) is 1. The topological polar surface area (TPSA) is 73.9 Å². The minimum absolute atomic E-state index is 0.0678. The van der Waals surface area contributed by atoms with Gasteiger partial charge >= 0.3 is 12.1 Å². The highest BCUT2D eigenvalue weighted by atomic mass is 35.5. The Kier molecular flexibility index (Phi) is 7.63. The van der Waals surface area contributed by atoms with Crippen molar-refractivity contribution in [1.29, 1.82) is 0 Å². The zero-order valence-corrected chi connectivity index (χ0v) is 15.6. The molecule has 0 saturated heterocycles. The van der Waals surface area contributed by atoms with Crippen LogP contribution in [0.5, 0.6) is 5.75 Å². The SMILES string of the molecule is CCOC(=O)c1ccc(Cl)c(OCCNC(=O)OC(C)(C)C)c1Cl. The highest BCUT2D eigenvalue weighted by Crippen LogP contribution is 2.35. The summed E-state index contributed by atoms with van der Waals surface area (Å²) in [6.45, 7) is 7.52. The maximum Gasteiger partial charge on any atom is 0.407 e. The molecule has 0 heterocycles. The van der Waals surface area contributed by atoms with E-state index in [4.69, 9.17) is 37.4 Å². The Hall–Kier alpha value is -1.66. The van der Waals surface area contributed by atoms with E-state index in [1.54, 1.807) is 27.7 Å². The van der Waals surface area contributed by atoms with E-state index in [2.05, 4.69) is 5.32 Å². The highest BCUT2D eigenvalue weighted by molar-refractivity contribution is 6.39. The lowest BCUT2D eigenvalue weighted by atomic mass is 10.2. The van der Waals surface area contributed by atoms with E-state index in [1.165, 1.54) is 12.1 Å². The fraction of sp³-hybridized carbons (Fsp3) is 0.500. The number of rotatable bonds is 6. The number of amides is 1. The zero-order valence-electron chi connectivity index (χ0n) is 14.1. The van der Waals surface area contributed by atoms with Crippen molar-refractivity contribution in [1.82, 2.24) is 5.32 Å². The van der Waals surface area contributed by atoms with Crippen LogP contribution in [0, 0.1) is 0 Å². The molecule has 0 atom stereocenters. The second-order valence-corrected chi connectivity index (χ2v) is 6.52. The van der Waals surface area contributed by atoms with E-state index in [0.717, 1.165) is 0 Å². The van der Waals surface area contributed by atoms with Gasteiger partial charge in [0.05, 0.1) is 28.8 Å². The Morgan fingerprint density at radius 3 is 2.46 bits per heavy atom. The number of ether oxygens (including phenoxy) is 3. The summed E-state index contributed by atoms with van der Waals surface area (Å²) in [5.41, 5.74) is -0.413. The molecule has 0 spiro atoms. The third-order valence-corrected chi connectivity index (χ3v) is 3.23. The highest BCUT2D eigenvalue weighted by Gasteiger charge is 2.19. The summed E-state index contributed by atoms with van der Waals surface area (Å²) in [5.74, 6) is -0.397. The third-order valence-electron chi connectivity index (χ3n) is 2.56. The number of esters is 1. The van der Waals surface area contributed by atoms with Crippen LogP contribution in [0.25, 0.3) is 0 Å². The lowest BCUT2D eigenvalue weighted by Gasteiger charge is -2.19. The van der Waals surface area contributed by atoms with Gasteiger partial charge in [-0.05, 0) is 39.8 Å². The van der Waals surface area contributed by atoms with Crippen molar-refractivity contribution in [3.05, 3.63) is 27.7 Å². The van der Waals surface area contributed by atoms with Crippen molar-refractivity contribution < 1.29 is 23.8 Å². The van der Waals surface area contributed by atoms with Crippen LogP contribution < -0.4 is 10.1 Å². The lowest BCUT2D eigenvalue weighted by molar-refractivity contribution is 0.0514. The number of alkyl carbamates (subject to hydrolysis) is 1. The largest absolute Gasteiger partial charge is 0.489 e. The molecule has 1 aromatic carbocycles. The summed E-state index contributed by atoms with van der Waals surface area (Å²) in [5, 5.41) is 2.86. The fourth-order valence-corrected chi connectivity index (χ4v) is 2.21. The number of benzene rings is 1. The fourth-order valence-electron chi connectivity index (χ4n) is 1.65. The molecule has 1 rings (SSSR count). The van der Waals surface area contributed by atoms with Gasteiger partial charge in [-0.15, -0.1) is 0 Å². The molecule has 0 saturated carbocycles. The van der Waals surface area contributed by atoms with Crippen LogP contribution in [0.4, 0.5) is 4.79 Å². The molecule has 1 aromatic rings. The van der Waals surface area contributed by atoms with Gasteiger partial charge in [0, 0.05) is 0 Å². The van der Waals surface area contributed by atoms with Crippen LogP contribution in [-0.4, -0.2) is 37.4 Å². The normalized spacial score (nSPS) is 10.9. The van der Waals surface area contributed by atoms with Crippen LogP contribution in [-0.2, 0) is 9.47 Å². The smallest absolute Gasteiger partial charge is 0.407 e. The maximum absolute atomic E-state index is 11.8. The molecule has 6 nitrogen and oxygen atoms in total. The van der Waals surface area contributed by atoms with Crippen LogP contribution in [0.15, 0.2) is 12.1 Å². The molecule has 0 fully saturated rings. The third kappa shape index (κ3) is 6.45. The predicted octanol–water partition coefficient (Wildman–Crippen LogP) is 4.07. The van der Waals surface area contributed by atoms with Crippen molar-refractivity contribution in [3.63, 3.8) is 0 Å². The van der Waals surface area contributed by atoms with Crippen LogP contribution in [0.1, 0.15) is 38.1 Å². The van der Waals surface area contributed by atoms with Gasteiger partial charge in [-0.1, -0.05) is 23.2 Å². The second kappa shape index (κ2) is 8.99. The summed E-state index contributed by atoms with van der Waals surface area (Å²) < 4.78 is 15.5. The molecule has 1 amide bonds. The molecule has 0 bridgehead atoms. The van der Waals surface area contributed by atoms with Gasteiger partial charge in [0.25, 0.3) is 0 Å². The first kappa shape index (κ1) is 20.4. The second-order valence-electron chi connectivity index (χ2n) is 5.74. The van der Waals surface area contributed by atoms with E-state index in [9.17, 15) is 9.59 Å². The Morgan fingerprint density at radius 1 is 1.21 bits per heavy atom. The minimum Gasteiger partial charge on any atom is -0.489 e. The quantitative estimate of drug-likeness (QED) is 0.597. The molecule has 0 aliphatic heterocycles. The zero-order chi connectivity index (χ0) is 18.3. The Balaban J connectivity index is 2.63. The number of carbonyl (C=O) groups excluding carboxylic acids is 2. The Bertz CT molecular complexity index is 599. The van der Waals surface area contributed by atoms with Crippen LogP contribution in [0.2, 0.25) is 10.0 Å². The van der Waals surface area contributed by atoms with Gasteiger partial charge in [-0.3, -0.25) is 0 Å². The van der Waals surface area contributed by atoms with Crippen LogP contribution in [0.3, 0.4) is 0 Å². The summed E-state index contributed by atoms with van der Waals surface area (Å²) in [7, 11) is 0. The van der Waals surface area contributed by atoms with Crippen molar-refractivity contribution in [2.45, 2.75) is 33.3 Å². The van der Waals surface area contributed by atoms with Gasteiger partial charge < -0.3 is 19.5 Å². The summed E-state index contributed by atoms with van der Waals surface area (Å²) in [4.78, 5) is 23.3. The summed E-state index contributed by atoms with van der Waals surface area (Å²) >= 11 is 12.2. The van der Waals surface area contributed by atoms with Crippen molar-refractivity contribution in [2.24, 2.45) is 0 Å². The number of hydrogen-bond donors (Lipinski definition) is 1. The molecule has 8 heteroatoms. The number of halogens is 2. The molecule has 0 unspecified atom stereocenters. The van der Waals surface area contributed by atoms with E-state index in [0.29, 0.717) is 0 Å². The first-order valence-electron chi connectivity index (χ1n) is 7.40. The molecule has 0 radical (unpaired) electrons. The molecule has 134 valence electrons. The van der Waals surface area contributed by atoms with Crippen LogP contribution >= 0.6 is 23.2 Å². The summed E-state index contributed by atoms with van der Waals surface area (Å²) in [6.07, 6.45) is -0.552. The maximum atomic E-state index is 11.8. The number of carbonyl (C=O) groups is 2. The van der Waals surface area contributed by atoms with Gasteiger partial charge in [-0.2, -0.15) is 0 Å². The first-order chi connectivity index (χ1) is 11.2. The molecule has 0 aliphatic carbocycles. The molecule has 0 aromatic heterocycles. The van der Waals surface area contributed by atoms with E-state index in [-0.39, 0.29) is 41.1 Å². The van der Waals surface area contributed by atoms with Gasteiger partial charge in [0.15, 0.2) is 5.75 Å². The lowest BCUT2D eigenvalue weighted by Crippen LogP contribution is -2.34. The predicted molar refractivity (Wildman–Crippen MR) is 92.2 cm³/mol. The standard InChI is InChI=1S/C16H21Cl2NO5/c1-5-22-14(20)10-6-7-11(17)13(12(10)18)23-9-8-19-15(21)24-16(2,3)4/h6-7H,5,8-9H2,1-4H3,(H,19,21). The minimum atomic E-state index is -0.578. The summed E-state index contributed by atoms with van der Waals surface area (Å²) in [6, 6.07) is 2.96. The molecule has 24 heavy (non-hydrogen) atoms. The molecular weight excluding hydrogens is 357 g/mol. The Labute approximate surface area is 151 Å². The number of hydrogen-bond acceptors (Lipinski definition) is 5. The van der Waals surface area contributed by atoms with E-state index >= 15 is 0 Å². The monoisotopic (exact) mass is 377 g/mol. The molecule has 1 N–H and O–H groups in total. The van der Waals surface area contributed by atoms with Crippen molar-refractivity contribution in [3.8, 4) is 5.75 Å². The van der Waals surface area contributed by atoms with Crippen molar-refractivity contribution >= 4 is 35.3 Å². The first-order valence-corrected chi connectivity index (χ1v) is 8.16. The average Bonchev–Trinajstić information content (AvgIpc) is 2.44. The molecule has 0 aliphatic rings. The van der Waals surface area contributed by atoms with E-state index in [1.807, 2.05) is 0 Å². The van der Waals surface area contributed by atoms with Gasteiger partial charge in [0.1, 0.15) is 12.2 Å².